The molecule has 6 aromatic heterocycles. The molecule has 0 bridgehead atoms. The van der Waals surface area contributed by atoms with Gasteiger partial charge in [0.1, 0.15) is 37.2 Å². The van der Waals surface area contributed by atoms with E-state index in [-0.39, 0.29) is 99.3 Å². The maximum atomic E-state index is 6.64. The maximum Gasteiger partial charge on any atom is 0.244 e. The standard InChI is InChI=1S/C44H68Cl6N14.8ClH/c45-39-27-53(33-59(39)21-7-3-17-55-29-41(47)61(35-55)23-9-5-19-57-31-43(49)63(37-57)25-11-13-51)15-1-2-16-54-28-40(46)60(34-54)22-8-4-18-56-30-42(48)62(36-56)24-10-6-20-58-32-44(50)64(38-58)26-12-14-52;;;;;;;;/h27-38H,1-26,51-52H2;8*1H/q+6;;;;;;;;/p-6. The molecule has 0 saturated heterocycles. The van der Waals surface area contributed by atoms with Crippen LogP contribution in [-0.4, -0.2) is 40.5 Å². The zero-order valence-electron chi connectivity index (χ0n) is 40.4. The molecule has 14 nitrogen and oxygen atoms in total. The van der Waals surface area contributed by atoms with Gasteiger partial charge in [-0.15, -0.1) is 0 Å². The van der Waals surface area contributed by atoms with Gasteiger partial charge in [0.25, 0.3) is 0 Å². The fourth-order valence-electron chi connectivity index (χ4n) is 8.05. The van der Waals surface area contributed by atoms with Crippen LogP contribution in [-0.2, 0) is 78.5 Å². The van der Waals surface area contributed by atoms with Crippen molar-refractivity contribution in [3.63, 3.8) is 0 Å². The first-order valence-electron chi connectivity index (χ1n) is 23.1. The Bertz CT molecular complexity index is 2170. The van der Waals surface area contributed by atoms with Crippen LogP contribution in [0.15, 0.2) is 75.1 Å². The van der Waals surface area contributed by atoms with Crippen molar-refractivity contribution in [2.45, 2.75) is 156 Å². The minimum Gasteiger partial charge on any atom is -1.00 e. The molecule has 6 N–H and O–H groups in total. The third kappa shape index (κ3) is 24.7. The Kier molecular flexibility index (Phi) is 42.4. The molecule has 414 valence electrons. The van der Waals surface area contributed by atoms with Gasteiger partial charge in [-0.1, -0.05) is 0 Å². The number of imidazole rings is 6. The molecule has 6 rings (SSSR count). The van der Waals surface area contributed by atoms with Crippen LogP contribution in [0.5, 0.6) is 0 Å². The van der Waals surface area contributed by atoms with Crippen LogP contribution in [0, 0.1) is 0 Å². The fourth-order valence-corrected chi connectivity index (χ4v) is 9.57. The zero-order chi connectivity index (χ0) is 45.3. The second-order valence-corrected chi connectivity index (χ2v) is 19.3. The number of rotatable bonds is 31. The molecule has 0 aliphatic rings. The van der Waals surface area contributed by atoms with E-state index in [2.05, 4.69) is 104 Å². The summed E-state index contributed by atoms with van der Waals surface area (Å²) in [4.78, 5) is 0. The molecule has 0 aliphatic heterocycles. The fraction of sp³-hybridized carbons (Fsp3) is 0.591. The predicted octanol–water partition coefficient (Wildman–Crippen LogP) is -19.2. The highest BCUT2D eigenvalue weighted by Crippen LogP contribution is 2.14. The van der Waals surface area contributed by atoms with E-state index in [0.717, 1.165) is 200 Å². The van der Waals surface area contributed by atoms with Gasteiger partial charge in [0.15, 0.2) is 0 Å². The van der Waals surface area contributed by atoms with Crippen molar-refractivity contribution in [1.82, 2.24) is 27.4 Å². The highest BCUT2D eigenvalue weighted by Gasteiger charge is 2.18. The Balaban J connectivity index is -0.00000595. The lowest BCUT2D eigenvalue weighted by atomic mass is 10.3. The minimum absolute atomic E-state index is 0. The zero-order valence-corrected chi connectivity index (χ0v) is 51.0. The molecule has 0 fully saturated rings. The predicted molar refractivity (Wildman–Crippen MR) is 249 cm³/mol. The SMILES string of the molecule is [Cl-].[Cl-].[Cl-].[Cl-].[Cl-].[Cl-].[Cl-].[Cl-].[NH3+]CCCn1c[n+](CCCCn2c[n+](CCCCn3c[n+](CCCC[n+]4cc(Cl)n(CCCC[n+]5cc(Cl)n(CCCC[n+]6cc(Cl)n(CCC[NH3+])c6)c5)c4)cc3Cl)cc2Cl)cc1Cl. The van der Waals surface area contributed by atoms with Crippen LogP contribution in [0.4, 0.5) is 0 Å². The largest absolute Gasteiger partial charge is 1.00 e. The maximum absolute atomic E-state index is 6.64. The second kappa shape index (κ2) is 40.5. The molecule has 0 aromatic carbocycles. The number of nitrogens with zero attached hydrogens (tertiary/aromatic N) is 12. The second-order valence-electron chi connectivity index (χ2n) is 16.9. The number of aryl methyl sites for hydroxylation is 12. The van der Waals surface area contributed by atoms with Crippen molar-refractivity contribution in [2.75, 3.05) is 13.1 Å². The van der Waals surface area contributed by atoms with Gasteiger partial charge in [0.05, 0.1) is 91.6 Å². The van der Waals surface area contributed by atoms with Crippen LogP contribution >= 0.6 is 69.6 Å². The lowest BCUT2D eigenvalue weighted by molar-refractivity contribution is -0.707. The van der Waals surface area contributed by atoms with Crippen molar-refractivity contribution in [1.29, 1.82) is 0 Å². The van der Waals surface area contributed by atoms with Gasteiger partial charge in [0.2, 0.25) is 68.9 Å². The van der Waals surface area contributed by atoms with Gasteiger partial charge >= 0.3 is 0 Å². The Morgan fingerprint density at radius 1 is 0.264 bits per heavy atom. The van der Waals surface area contributed by atoms with E-state index in [4.69, 9.17) is 69.6 Å². The number of hydrogen-bond donors (Lipinski definition) is 2. The monoisotopic (exact) mass is 1280 g/mol. The number of aromatic nitrogens is 12. The van der Waals surface area contributed by atoms with Crippen LogP contribution in [0.25, 0.3) is 0 Å². The van der Waals surface area contributed by atoms with E-state index in [9.17, 15) is 0 Å². The van der Waals surface area contributed by atoms with Gasteiger partial charge in [-0.05, 0) is 134 Å². The summed E-state index contributed by atoms with van der Waals surface area (Å²) in [5.74, 6) is 0. The number of quaternary nitrogens is 2. The first kappa shape index (κ1) is 75.5. The van der Waals surface area contributed by atoms with E-state index in [1.165, 1.54) is 0 Å². The molecule has 6 heterocycles. The van der Waals surface area contributed by atoms with Crippen molar-refractivity contribution >= 4 is 69.6 Å². The lowest BCUT2D eigenvalue weighted by Gasteiger charge is -1.99. The molecule has 0 atom stereocenters. The third-order valence-electron chi connectivity index (χ3n) is 11.6. The summed E-state index contributed by atoms with van der Waals surface area (Å²) >= 11 is 39.2. The molecule has 0 unspecified atom stereocenters. The van der Waals surface area contributed by atoms with Crippen LogP contribution in [0.2, 0.25) is 30.9 Å². The molecule has 0 saturated carbocycles. The number of hydrogen-bond acceptors (Lipinski definition) is 0. The van der Waals surface area contributed by atoms with Gasteiger partial charge in [-0.2, -0.15) is 0 Å². The molecule has 0 aliphatic carbocycles. The van der Waals surface area contributed by atoms with Crippen LogP contribution < -0.4 is 138 Å². The Morgan fingerprint density at radius 3 is 0.583 bits per heavy atom. The summed E-state index contributed by atoms with van der Waals surface area (Å²) in [6.07, 6.45) is 37.3. The smallest absolute Gasteiger partial charge is 0.244 e. The van der Waals surface area contributed by atoms with Crippen molar-refractivity contribution in [3.05, 3.63) is 106 Å². The van der Waals surface area contributed by atoms with Gasteiger partial charge < -0.3 is 111 Å². The summed E-state index contributed by atoms with van der Waals surface area (Å²) < 4.78 is 25.9. The van der Waals surface area contributed by atoms with Crippen molar-refractivity contribution in [3.8, 4) is 0 Å². The summed E-state index contributed by atoms with van der Waals surface area (Å²) in [6.45, 7) is 12.7. The summed E-state index contributed by atoms with van der Waals surface area (Å²) in [5, 5.41) is 4.65. The summed E-state index contributed by atoms with van der Waals surface area (Å²) in [5.41, 5.74) is 7.84. The van der Waals surface area contributed by atoms with Gasteiger partial charge in [-0.3, -0.25) is 0 Å². The highest BCUT2D eigenvalue weighted by atomic mass is 35.5. The minimum atomic E-state index is 0. The van der Waals surface area contributed by atoms with Crippen LogP contribution in [0.3, 0.4) is 0 Å². The quantitative estimate of drug-likeness (QED) is 0.0319. The molecule has 0 amide bonds. The van der Waals surface area contributed by atoms with E-state index in [1.54, 1.807) is 0 Å². The van der Waals surface area contributed by atoms with Gasteiger partial charge in [-0.25, -0.2) is 54.8 Å². The molecule has 0 radical (unpaired) electrons. The summed E-state index contributed by atoms with van der Waals surface area (Å²) in [7, 11) is 0. The van der Waals surface area contributed by atoms with E-state index in [0.29, 0.717) is 0 Å². The summed E-state index contributed by atoms with van der Waals surface area (Å²) in [6, 6.07) is 0. The molecule has 28 heteroatoms. The molecular formula is C44H70Cl14N14. The first-order valence-corrected chi connectivity index (χ1v) is 25.4. The van der Waals surface area contributed by atoms with Crippen molar-refractivity contribution in [2.24, 2.45) is 0 Å². The normalized spacial score (nSPS) is 10.5. The van der Waals surface area contributed by atoms with Gasteiger partial charge in [0, 0.05) is 12.8 Å². The molecular weight excluding hydrogens is 1220 g/mol. The van der Waals surface area contributed by atoms with E-state index in [1.807, 2.05) is 37.2 Å². The average Bonchev–Trinajstić information content (AvgIpc) is 4.13. The lowest BCUT2D eigenvalue weighted by Crippen LogP contribution is -3.00. The average molecular weight is 1290 g/mol. The first-order chi connectivity index (χ1) is 31.1. The number of unbranched alkanes of at least 4 members (excludes halogenated alkanes) is 5. The third-order valence-corrected chi connectivity index (χ3v) is 13.5. The Morgan fingerprint density at radius 2 is 0.417 bits per heavy atom. The molecule has 72 heavy (non-hydrogen) atoms. The van der Waals surface area contributed by atoms with E-state index < -0.39 is 0 Å². The van der Waals surface area contributed by atoms with E-state index >= 15 is 0 Å². The van der Waals surface area contributed by atoms with Crippen molar-refractivity contribution < 1.29 is 138 Å². The Labute approximate surface area is 505 Å². The Hall–Kier alpha value is -0.760. The highest BCUT2D eigenvalue weighted by molar-refractivity contribution is 6.30. The number of halogens is 14. The topological polar surface area (TPSA) is 108 Å². The van der Waals surface area contributed by atoms with Crippen LogP contribution in [0.1, 0.15) is 77.0 Å². The molecule has 6 aromatic rings. The molecule has 0 spiro atoms.